The topological polar surface area (TPSA) is 26.0 Å². The molecule has 56 valence electrons. The second-order valence-electron chi connectivity index (χ2n) is 2.61. The Kier molecular flexibility index (Phi) is 6.42. The highest BCUT2D eigenvalue weighted by molar-refractivity contribution is 6.58. The standard InChI is InChI=1S/C7H19NSi/c1-3-9(4-2)7-5-6-8/h9H,3-8H2,1-2H3. The largest absolute Gasteiger partial charge is 0.330 e. The molecule has 0 saturated carbocycles. The molecular formula is C7H19NSi. The molecule has 0 amide bonds. The molecule has 0 aromatic heterocycles. The Hall–Kier alpha value is 0.177. The summed E-state index contributed by atoms with van der Waals surface area (Å²) in [6.07, 6.45) is 1.26. The van der Waals surface area contributed by atoms with Gasteiger partial charge in [-0.05, 0) is 13.0 Å². The van der Waals surface area contributed by atoms with E-state index in [1.807, 2.05) is 0 Å². The van der Waals surface area contributed by atoms with E-state index in [0.29, 0.717) is 0 Å². The van der Waals surface area contributed by atoms with Gasteiger partial charge in [0.05, 0.1) is 0 Å². The molecule has 0 aliphatic rings. The Morgan fingerprint density at radius 3 is 2.11 bits per heavy atom. The predicted molar refractivity (Wildman–Crippen MR) is 46.6 cm³/mol. The lowest BCUT2D eigenvalue weighted by atomic mass is 10.5. The van der Waals surface area contributed by atoms with Crippen molar-refractivity contribution in [3.8, 4) is 0 Å². The average molecular weight is 145 g/mol. The maximum atomic E-state index is 5.41. The second kappa shape index (κ2) is 6.30. The number of hydrogen-bond acceptors (Lipinski definition) is 1. The minimum Gasteiger partial charge on any atom is -0.330 e. The smallest absolute Gasteiger partial charge is 0.0362 e. The Morgan fingerprint density at radius 2 is 1.78 bits per heavy atom. The molecule has 0 spiro atoms. The number of nitrogens with two attached hydrogens (primary N) is 1. The third-order valence-electron chi connectivity index (χ3n) is 1.97. The zero-order valence-corrected chi connectivity index (χ0v) is 7.84. The van der Waals surface area contributed by atoms with Crippen molar-refractivity contribution in [1.29, 1.82) is 0 Å². The summed E-state index contributed by atoms with van der Waals surface area (Å²) in [6, 6.07) is 4.37. The van der Waals surface area contributed by atoms with Crippen LogP contribution in [0.25, 0.3) is 0 Å². The van der Waals surface area contributed by atoms with Crippen LogP contribution < -0.4 is 5.73 Å². The highest BCUT2D eigenvalue weighted by Gasteiger charge is 2.02. The van der Waals surface area contributed by atoms with E-state index in [4.69, 9.17) is 5.73 Å². The van der Waals surface area contributed by atoms with Crippen LogP contribution in [0.1, 0.15) is 20.3 Å². The molecule has 0 aliphatic heterocycles. The summed E-state index contributed by atoms with van der Waals surface area (Å²) < 4.78 is 0. The lowest BCUT2D eigenvalue weighted by Crippen LogP contribution is -2.11. The van der Waals surface area contributed by atoms with E-state index >= 15 is 0 Å². The van der Waals surface area contributed by atoms with Gasteiger partial charge in [-0.25, -0.2) is 0 Å². The number of hydrogen-bond donors (Lipinski definition) is 1. The van der Waals surface area contributed by atoms with Crippen molar-refractivity contribution >= 4 is 8.80 Å². The highest BCUT2D eigenvalue weighted by Crippen LogP contribution is 2.05. The Morgan fingerprint density at radius 1 is 1.22 bits per heavy atom. The van der Waals surface area contributed by atoms with Crippen LogP contribution in [-0.2, 0) is 0 Å². The molecule has 0 aliphatic carbocycles. The van der Waals surface area contributed by atoms with Crippen molar-refractivity contribution in [3.05, 3.63) is 0 Å². The summed E-state index contributed by atoms with van der Waals surface area (Å²) in [5, 5.41) is 0. The lowest BCUT2D eigenvalue weighted by Gasteiger charge is -2.07. The van der Waals surface area contributed by atoms with E-state index in [1.165, 1.54) is 24.6 Å². The first-order chi connectivity index (χ1) is 4.35. The molecule has 0 heterocycles. The van der Waals surface area contributed by atoms with E-state index in [2.05, 4.69) is 13.8 Å². The quantitative estimate of drug-likeness (QED) is 0.584. The Bertz CT molecular complexity index is 52.9. The monoisotopic (exact) mass is 145 g/mol. The summed E-state index contributed by atoms with van der Waals surface area (Å²) in [5.74, 6) is 0. The first kappa shape index (κ1) is 9.18. The van der Waals surface area contributed by atoms with E-state index in [9.17, 15) is 0 Å². The third-order valence-corrected chi connectivity index (χ3v) is 5.51. The van der Waals surface area contributed by atoms with Crippen molar-refractivity contribution in [3.63, 3.8) is 0 Å². The molecule has 0 aromatic carbocycles. The van der Waals surface area contributed by atoms with Crippen LogP contribution in [-0.4, -0.2) is 15.3 Å². The van der Waals surface area contributed by atoms with E-state index < -0.39 is 0 Å². The molecule has 1 nitrogen and oxygen atoms in total. The lowest BCUT2D eigenvalue weighted by molar-refractivity contribution is 0.912. The molecule has 0 bridgehead atoms. The van der Waals surface area contributed by atoms with Crippen molar-refractivity contribution in [2.24, 2.45) is 5.73 Å². The molecule has 0 saturated heterocycles. The summed E-state index contributed by atoms with van der Waals surface area (Å²) in [7, 11) is -0.290. The third kappa shape index (κ3) is 4.67. The molecule has 0 atom stereocenters. The van der Waals surface area contributed by atoms with Gasteiger partial charge in [-0.15, -0.1) is 0 Å². The normalized spacial score (nSPS) is 10.7. The zero-order chi connectivity index (χ0) is 7.11. The average Bonchev–Trinajstić information content (AvgIpc) is 1.91. The maximum Gasteiger partial charge on any atom is 0.0362 e. The summed E-state index contributed by atoms with van der Waals surface area (Å²) in [6.45, 7) is 5.53. The first-order valence-electron chi connectivity index (χ1n) is 4.05. The summed E-state index contributed by atoms with van der Waals surface area (Å²) in [5.41, 5.74) is 5.41. The molecule has 2 heteroatoms. The summed E-state index contributed by atoms with van der Waals surface area (Å²) >= 11 is 0. The fourth-order valence-electron chi connectivity index (χ4n) is 1.10. The van der Waals surface area contributed by atoms with Gasteiger partial charge < -0.3 is 5.73 Å². The van der Waals surface area contributed by atoms with Crippen LogP contribution in [0.2, 0.25) is 18.1 Å². The fourth-order valence-corrected chi connectivity index (χ4v) is 3.31. The zero-order valence-electron chi connectivity index (χ0n) is 6.69. The highest BCUT2D eigenvalue weighted by atomic mass is 28.3. The van der Waals surface area contributed by atoms with E-state index in [0.717, 1.165) is 6.54 Å². The van der Waals surface area contributed by atoms with Crippen molar-refractivity contribution < 1.29 is 0 Å². The van der Waals surface area contributed by atoms with Gasteiger partial charge in [0.2, 0.25) is 0 Å². The van der Waals surface area contributed by atoms with Crippen LogP contribution in [0.3, 0.4) is 0 Å². The molecule has 9 heavy (non-hydrogen) atoms. The molecule has 0 fully saturated rings. The predicted octanol–water partition coefficient (Wildman–Crippen LogP) is 1.60. The minimum atomic E-state index is -0.290. The molecule has 0 unspecified atom stereocenters. The summed E-state index contributed by atoms with van der Waals surface area (Å²) in [4.78, 5) is 0. The van der Waals surface area contributed by atoms with Gasteiger partial charge in [0.15, 0.2) is 0 Å². The van der Waals surface area contributed by atoms with Crippen LogP contribution in [0.4, 0.5) is 0 Å². The van der Waals surface area contributed by atoms with Crippen molar-refractivity contribution in [1.82, 2.24) is 0 Å². The van der Waals surface area contributed by atoms with E-state index in [-0.39, 0.29) is 8.80 Å². The Labute approximate surface area is 60.2 Å². The van der Waals surface area contributed by atoms with Gasteiger partial charge in [-0.3, -0.25) is 0 Å². The molecule has 0 aromatic rings. The first-order valence-corrected chi connectivity index (χ1v) is 6.50. The van der Waals surface area contributed by atoms with Gasteiger partial charge in [0, 0.05) is 8.80 Å². The molecule has 0 radical (unpaired) electrons. The van der Waals surface area contributed by atoms with E-state index in [1.54, 1.807) is 0 Å². The van der Waals surface area contributed by atoms with Crippen molar-refractivity contribution in [2.45, 2.75) is 38.4 Å². The van der Waals surface area contributed by atoms with Crippen LogP contribution in [0.5, 0.6) is 0 Å². The van der Waals surface area contributed by atoms with Gasteiger partial charge in [0.25, 0.3) is 0 Å². The molecular weight excluding hydrogens is 126 g/mol. The fraction of sp³-hybridized carbons (Fsp3) is 1.00. The Balaban J connectivity index is 3.09. The van der Waals surface area contributed by atoms with Crippen LogP contribution in [0.15, 0.2) is 0 Å². The van der Waals surface area contributed by atoms with Gasteiger partial charge in [-0.1, -0.05) is 32.0 Å². The maximum absolute atomic E-state index is 5.41. The SMILES string of the molecule is CC[SiH](CC)CCCN. The van der Waals surface area contributed by atoms with Crippen LogP contribution >= 0.6 is 0 Å². The van der Waals surface area contributed by atoms with Gasteiger partial charge in [-0.2, -0.15) is 0 Å². The van der Waals surface area contributed by atoms with Gasteiger partial charge >= 0.3 is 0 Å². The minimum absolute atomic E-state index is 0.290. The molecule has 0 rings (SSSR count). The van der Waals surface area contributed by atoms with Gasteiger partial charge in [0.1, 0.15) is 0 Å². The van der Waals surface area contributed by atoms with Crippen LogP contribution in [0, 0.1) is 0 Å². The number of rotatable bonds is 5. The molecule has 2 N–H and O–H groups in total. The second-order valence-corrected chi connectivity index (χ2v) is 6.56. The van der Waals surface area contributed by atoms with Crippen molar-refractivity contribution in [2.75, 3.05) is 6.54 Å².